The lowest BCUT2D eigenvalue weighted by Gasteiger charge is -2.28. The predicted octanol–water partition coefficient (Wildman–Crippen LogP) is 0.376. The van der Waals surface area contributed by atoms with Crippen LogP contribution in [0.25, 0.3) is 11.2 Å². The van der Waals surface area contributed by atoms with Gasteiger partial charge in [0, 0.05) is 39.8 Å². The SMILES string of the molecule is CC#CCn1c(N2CCNCC2)nc2c1c(=O)n(C)c(=O)n2CC(C)CC. The van der Waals surface area contributed by atoms with Crippen LogP contribution in [0.2, 0.25) is 0 Å². The third kappa shape index (κ3) is 3.52. The fourth-order valence-corrected chi connectivity index (χ4v) is 3.36. The first-order chi connectivity index (χ1) is 13.0. The maximum absolute atomic E-state index is 12.9. The molecule has 0 aromatic carbocycles. The molecule has 1 atom stereocenters. The third-order valence-corrected chi connectivity index (χ3v) is 5.21. The summed E-state index contributed by atoms with van der Waals surface area (Å²) in [4.78, 5) is 32.7. The summed E-state index contributed by atoms with van der Waals surface area (Å²) in [5.74, 6) is 6.97. The standard InChI is InChI=1S/C19H28N6O2/c1-5-7-10-24-15-16(21-18(24)23-11-8-20-9-12-23)25(13-14(3)6-2)19(27)22(4)17(15)26/h14,20H,6,8-13H2,1-4H3. The molecule has 0 bridgehead atoms. The number of piperazine rings is 1. The maximum Gasteiger partial charge on any atom is 0.332 e. The highest BCUT2D eigenvalue weighted by Crippen LogP contribution is 2.21. The molecule has 0 radical (unpaired) electrons. The molecule has 2 aromatic heterocycles. The minimum absolute atomic E-state index is 0.312. The number of hydrogen-bond donors (Lipinski definition) is 1. The summed E-state index contributed by atoms with van der Waals surface area (Å²) in [5.41, 5.74) is 0.291. The van der Waals surface area contributed by atoms with Crippen LogP contribution in [0.15, 0.2) is 9.59 Å². The van der Waals surface area contributed by atoms with Gasteiger partial charge in [0.2, 0.25) is 5.95 Å². The molecule has 1 aliphatic heterocycles. The monoisotopic (exact) mass is 372 g/mol. The number of imidazole rings is 1. The lowest BCUT2D eigenvalue weighted by molar-refractivity contribution is 0.454. The summed E-state index contributed by atoms with van der Waals surface area (Å²) < 4.78 is 4.70. The first-order valence-corrected chi connectivity index (χ1v) is 9.54. The highest BCUT2D eigenvalue weighted by atomic mass is 16.2. The van der Waals surface area contributed by atoms with Crippen LogP contribution in [0.1, 0.15) is 27.2 Å². The second-order valence-corrected chi connectivity index (χ2v) is 7.10. The first kappa shape index (κ1) is 19.2. The zero-order valence-electron chi connectivity index (χ0n) is 16.6. The summed E-state index contributed by atoms with van der Waals surface area (Å²) in [6, 6.07) is 0. The minimum atomic E-state index is -0.317. The van der Waals surface area contributed by atoms with E-state index >= 15 is 0 Å². The van der Waals surface area contributed by atoms with E-state index < -0.39 is 0 Å². The molecule has 0 spiro atoms. The Kier molecular flexibility index (Phi) is 5.71. The molecule has 8 nitrogen and oxygen atoms in total. The van der Waals surface area contributed by atoms with Gasteiger partial charge in [-0.1, -0.05) is 26.2 Å². The summed E-state index contributed by atoms with van der Waals surface area (Å²) in [7, 11) is 1.53. The second kappa shape index (κ2) is 8.01. The average Bonchev–Trinajstić information content (AvgIpc) is 3.07. The average molecular weight is 372 g/mol. The van der Waals surface area contributed by atoms with Crippen molar-refractivity contribution in [3.8, 4) is 11.8 Å². The van der Waals surface area contributed by atoms with Gasteiger partial charge in [-0.15, -0.1) is 5.92 Å². The van der Waals surface area contributed by atoms with Gasteiger partial charge in [-0.05, 0) is 12.8 Å². The number of nitrogens with one attached hydrogen (secondary N) is 1. The Morgan fingerprint density at radius 1 is 1.22 bits per heavy atom. The van der Waals surface area contributed by atoms with E-state index in [4.69, 9.17) is 4.98 Å². The summed E-state index contributed by atoms with van der Waals surface area (Å²) >= 11 is 0. The van der Waals surface area contributed by atoms with Crippen LogP contribution in [-0.2, 0) is 20.1 Å². The molecular formula is C19H28N6O2. The molecule has 0 amide bonds. The summed E-state index contributed by atoms with van der Waals surface area (Å²) in [6.45, 7) is 10.2. The number of nitrogens with zero attached hydrogens (tertiary/aromatic N) is 5. The normalized spacial score (nSPS) is 15.6. The van der Waals surface area contributed by atoms with Crippen LogP contribution in [-0.4, -0.2) is 44.9 Å². The van der Waals surface area contributed by atoms with Gasteiger partial charge in [0.1, 0.15) is 0 Å². The van der Waals surface area contributed by atoms with Crippen molar-refractivity contribution in [2.45, 2.75) is 40.3 Å². The van der Waals surface area contributed by atoms with E-state index in [1.54, 1.807) is 11.5 Å². The number of aromatic nitrogens is 4. The van der Waals surface area contributed by atoms with Crippen molar-refractivity contribution in [1.29, 1.82) is 0 Å². The molecule has 1 unspecified atom stereocenters. The van der Waals surface area contributed by atoms with Gasteiger partial charge in [-0.25, -0.2) is 4.79 Å². The van der Waals surface area contributed by atoms with E-state index in [9.17, 15) is 9.59 Å². The molecule has 8 heteroatoms. The Hall–Kier alpha value is -2.53. The smallest absolute Gasteiger partial charge is 0.332 e. The number of fused-ring (bicyclic) bond motifs is 1. The molecule has 1 saturated heterocycles. The van der Waals surface area contributed by atoms with E-state index in [2.05, 4.69) is 35.9 Å². The minimum Gasteiger partial charge on any atom is -0.340 e. The third-order valence-electron chi connectivity index (χ3n) is 5.21. The number of rotatable bonds is 5. The van der Waals surface area contributed by atoms with Crippen molar-refractivity contribution in [2.24, 2.45) is 13.0 Å². The van der Waals surface area contributed by atoms with Gasteiger partial charge in [0.05, 0.1) is 6.54 Å². The topological polar surface area (TPSA) is 77.1 Å². The zero-order valence-corrected chi connectivity index (χ0v) is 16.6. The predicted molar refractivity (Wildman–Crippen MR) is 107 cm³/mol. The molecule has 146 valence electrons. The van der Waals surface area contributed by atoms with E-state index in [0.29, 0.717) is 30.2 Å². The largest absolute Gasteiger partial charge is 0.340 e. The molecule has 27 heavy (non-hydrogen) atoms. The van der Waals surface area contributed by atoms with Gasteiger partial charge >= 0.3 is 5.69 Å². The Morgan fingerprint density at radius 3 is 2.56 bits per heavy atom. The highest BCUT2D eigenvalue weighted by molar-refractivity contribution is 5.75. The van der Waals surface area contributed by atoms with Crippen LogP contribution in [0.3, 0.4) is 0 Å². The van der Waals surface area contributed by atoms with Crippen LogP contribution >= 0.6 is 0 Å². The van der Waals surface area contributed by atoms with Crippen molar-refractivity contribution >= 4 is 17.1 Å². The Balaban J connectivity index is 2.30. The fourth-order valence-electron chi connectivity index (χ4n) is 3.36. The quantitative estimate of drug-likeness (QED) is 0.768. The van der Waals surface area contributed by atoms with Crippen molar-refractivity contribution in [1.82, 2.24) is 24.0 Å². The number of hydrogen-bond acceptors (Lipinski definition) is 5. The highest BCUT2D eigenvalue weighted by Gasteiger charge is 2.24. The molecule has 1 N–H and O–H groups in total. The fraction of sp³-hybridized carbons (Fsp3) is 0.632. The first-order valence-electron chi connectivity index (χ1n) is 9.54. The van der Waals surface area contributed by atoms with Crippen LogP contribution in [0.4, 0.5) is 5.95 Å². The molecule has 0 aliphatic carbocycles. The van der Waals surface area contributed by atoms with Crippen molar-refractivity contribution in [3.63, 3.8) is 0 Å². The Bertz CT molecular complexity index is 998. The van der Waals surface area contributed by atoms with Crippen molar-refractivity contribution < 1.29 is 0 Å². The van der Waals surface area contributed by atoms with Crippen LogP contribution in [0, 0.1) is 17.8 Å². The van der Waals surface area contributed by atoms with Crippen molar-refractivity contribution in [3.05, 3.63) is 20.8 Å². The lowest BCUT2D eigenvalue weighted by atomic mass is 10.1. The molecule has 3 heterocycles. The van der Waals surface area contributed by atoms with Crippen LogP contribution < -0.4 is 21.5 Å². The van der Waals surface area contributed by atoms with E-state index in [-0.39, 0.29) is 11.2 Å². The van der Waals surface area contributed by atoms with Gasteiger partial charge in [-0.2, -0.15) is 4.98 Å². The second-order valence-electron chi connectivity index (χ2n) is 7.10. The molecule has 0 saturated carbocycles. The van der Waals surface area contributed by atoms with Gasteiger partial charge in [-0.3, -0.25) is 18.5 Å². The van der Waals surface area contributed by atoms with Gasteiger partial charge < -0.3 is 10.2 Å². The molecular weight excluding hydrogens is 344 g/mol. The van der Waals surface area contributed by atoms with E-state index in [1.165, 1.54) is 11.6 Å². The van der Waals surface area contributed by atoms with E-state index in [0.717, 1.165) is 38.5 Å². The molecule has 1 aliphatic rings. The lowest BCUT2D eigenvalue weighted by Crippen LogP contribution is -2.44. The molecule has 3 rings (SSSR count). The molecule has 1 fully saturated rings. The summed E-state index contributed by atoms with van der Waals surface area (Å²) in [6.07, 6.45) is 0.948. The Labute approximate surface area is 158 Å². The summed E-state index contributed by atoms with van der Waals surface area (Å²) in [5, 5.41) is 3.33. The number of anilines is 1. The Morgan fingerprint density at radius 2 is 1.93 bits per heavy atom. The van der Waals surface area contributed by atoms with Crippen LogP contribution in [0.5, 0.6) is 0 Å². The van der Waals surface area contributed by atoms with Gasteiger partial charge in [0.25, 0.3) is 5.56 Å². The molecule has 2 aromatic rings. The van der Waals surface area contributed by atoms with Gasteiger partial charge in [0.15, 0.2) is 11.2 Å². The van der Waals surface area contributed by atoms with Crippen molar-refractivity contribution in [2.75, 3.05) is 31.1 Å². The van der Waals surface area contributed by atoms with E-state index in [1.807, 2.05) is 4.57 Å². The zero-order chi connectivity index (χ0) is 19.6. The maximum atomic E-state index is 12.9.